The van der Waals surface area contributed by atoms with Gasteiger partial charge >= 0.3 is 5.69 Å². The summed E-state index contributed by atoms with van der Waals surface area (Å²) >= 11 is 0. The molecule has 0 aromatic carbocycles. The van der Waals surface area contributed by atoms with Gasteiger partial charge in [0.05, 0.1) is 4.92 Å². The van der Waals surface area contributed by atoms with Crippen molar-refractivity contribution in [1.29, 1.82) is 0 Å². The van der Waals surface area contributed by atoms with Crippen LogP contribution < -0.4 is 4.90 Å². The van der Waals surface area contributed by atoms with Crippen molar-refractivity contribution in [1.82, 2.24) is 9.78 Å². The molecule has 0 saturated carbocycles. The highest BCUT2D eigenvalue weighted by molar-refractivity contribution is 5.61. The Labute approximate surface area is 119 Å². The predicted octanol–water partition coefficient (Wildman–Crippen LogP) is 2.28. The van der Waals surface area contributed by atoms with E-state index in [1.54, 1.807) is 11.6 Å². The highest BCUT2D eigenvalue weighted by Gasteiger charge is 2.28. The van der Waals surface area contributed by atoms with Gasteiger partial charge in [-0.05, 0) is 40.0 Å². The molecule has 0 fully saturated rings. The molecule has 0 bridgehead atoms. The molecule has 0 saturated heterocycles. The van der Waals surface area contributed by atoms with Gasteiger partial charge in [0.2, 0.25) is 5.82 Å². The Kier molecular flexibility index (Phi) is 5.94. The lowest BCUT2D eigenvalue weighted by Gasteiger charge is -2.21. The second-order valence-corrected chi connectivity index (χ2v) is 5.26. The van der Waals surface area contributed by atoms with E-state index < -0.39 is 0 Å². The standard InChI is InChI=1S/C13H24N4O3/c1-10(2)16-13(12(17(19)20)11(3)14-16)15(4)8-6-5-7-9-18/h10,18H,5-9H2,1-4H3. The maximum Gasteiger partial charge on any atom is 0.333 e. The van der Waals surface area contributed by atoms with Crippen molar-refractivity contribution in [2.45, 2.75) is 46.1 Å². The van der Waals surface area contributed by atoms with Crippen molar-refractivity contribution in [3.05, 3.63) is 15.8 Å². The van der Waals surface area contributed by atoms with Crippen LogP contribution in [0.5, 0.6) is 0 Å². The maximum atomic E-state index is 11.3. The Balaban J connectivity index is 2.98. The Morgan fingerprint density at radius 3 is 2.55 bits per heavy atom. The first kappa shape index (κ1) is 16.4. The number of aliphatic hydroxyl groups excluding tert-OH is 1. The molecule has 1 rings (SSSR count). The van der Waals surface area contributed by atoms with Crippen LogP contribution >= 0.6 is 0 Å². The predicted molar refractivity (Wildman–Crippen MR) is 78.2 cm³/mol. The minimum atomic E-state index is -0.360. The van der Waals surface area contributed by atoms with Gasteiger partial charge in [-0.15, -0.1) is 0 Å². The van der Waals surface area contributed by atoms with E-state index in [0.717, 1.165) is 19.3 Å². The fraction of sp³-hybridized carbons (Fsp3) is 0.769. The zero-order chi connectivity index (χ0) is 15.3. The molecular formula is C13H24N4O3. The molecule has 114 valence electrons. The number of unbranched alkanes of at least 4 members (excludes halogenated alkanes) is 2. The second kappa shape index (κ2) is 7.23. The summed E-state index contributed by atoms with van der Waals surface area (Å²) in [5, 5.41) is 24.3. The van der Waals surface area contributed by atoms with Gasteiger partial charge in [0, 0.05) is 26.2 Å². The molecule has 20 heavy (non-hydrogen) atoms. The molecule has 7 heteroatoms. The van der Waals surface area contributed by atoms with Crippen molar-refractivity contribution >= 4 is 11.5 Å². The number of nitro groups is 1. The van der Waals surface area contributed by atoms with Gasteiger partial charge in [-0.2, -0.15) is 5.10 Å². The zero-order valence-corrected chi connectivity index (χ0v) is 12.7. The van der Waals surface area contributed by atoms with Crippen LogP contribution in [0.25, 0.3) is 0 Å². The topological polar surface area (TPSA) is 84.4 Å². The Hall–Kier alpha value is -1.63. The van der Waals surface area contributed by atoms with E-state index in [1.165, 1.54) is 0 Å². The number of hydrogen-bond donors (Lipinski definition) is 1. The lowest BCUT2D eigenvalue weighted by Crippen LogP contribution is -2.23. The number of nitrogens with zero attached hydrogens (tertiary/aromatic N) is 4. The normalized spacial score (nSPS) is 11.1. The van der Waals surface area contributed by atoms with E-state index in [2.05, 4.69) is 5.10 Å². The van der Waals surface area contributed by atoms with Crippen LogP contribution in [-0.2, 0) is 0 Å². The molecule has 0 spiro atoms. The number of aromatic nitrogens is 2. The van der Waals surface area contributed by atoms with E-state index in [9.17, 15) is 10.1 Å². The average molecular weight is 284 g/mol. The summed E-state index contributed by atoms with van der Waals surface area (Å²) < 4.78 is 1.71. The van der Waals surface area contributed by atoms with Crippen molar-refractivity contribution < 1.29 is 10.0 Å². The minimum absolute atomic E-state index is 0.0669. The molecular weight excluding hydrogens is 260 g/mol. The summed E-state index contributed by atoms with van der Waals surface area (Å²) in [6.45, 7) is 6.48. The van der Waals surface area contributed by atoms with Crippen molar-refractivity contribution in [3.63, 3.8) is 0 Å². The minimum Gasteiger partial charge on any atom is -0.396 e. The van der Waals surface area contributed by atoms with Gasteiger partial charge in [-0.3, -0.25) is 10.1 Å². The maximum absolute atomic E-state index is 11.3. The largest absolute Gasteiger partial charge is 0.396 e. The highest BCUT2D eigenvalue weighted by Crippen LogP contribution is 2.33. The van der Waals surface area contributed by atoms with E-state index in [0.29, 0.717) is 18.1 Å². The molecule has 7 nitrogen and oxygen atoms in total. The summed E-state index contributed by atoms with van der Waals surface area (Å²) in [6.07, 6.45) is 2.55. The van der Waals surface area contributed by atoms with Gasteiger partial charge in [-0.1, -0.05) is 0 Å². The third-order valence-corrected chi connectivity index (χ3v) is 3.21. The fourth-order valence-electron chi connectivity index (χ4n) is 2.20. The molecule has 1 N–H and O–H groups in total. The summed E-state index contributed by atoms with van der Waals surface area (Å²) in [5.74, 6) is 0.562. The van der Waals surface area contributed by atoms with Gasteiger partial charge in [0.1, 0.15) is 5.69 Å². The van der Waals surface area contributed by atoms with Gasteiger partial charge in [0.25, 0.3) is 0 Å². The van der Waals surface area contributed by atoms with E-state index in [1.807, 2.05) is 25.8 Å². The third kappa shape index (κ3) is 3.69. The Morgan fingerprint density at radius 1 is 1.40 bits per heavy atom. The van der Waals surface area contributed by atoms with Gasteiger partial charge in [0.15, 0.2) is 0 Å². The Bertz CT molecular complexity index is 457. The quantitative estimate of drug-likeness (QED) is 0.450. The molecule has 0 unspecified atom stereocenters. The first-order valence-electron chi connectivity index (χ1n) is 6.95. The van der Waals surface area contributed by atoms with E-state index >= 15 is 0 Å². The number of anilines is 1. The lowest BCUT2D eigenvalue weighted by molar-refractivity contribution is -0.384. The van der Waals surface area contributed by atoms with Crippen LogP contribution in [0.3, 0.4) is 0 Å². The lowest BCUT2D eigenvalue weighted by atomic mass is 10.2. The first-order chi connectivity index (χ1) is 9.40. The molecule has 0 radical (unpaired) electrons. The number of aryl methyl sites for hydroxylation is 1. The van der Waals surface area contributed by atoms with Crippen LogP contribution in [0.2, 0.25) is 0 Å². The monoisotopic (exact) mass is 284 g/mol. The highest BCUT2D eigenvalue weighted by atomic mass is 16.6. The zero-order valence-electron chi connectivity index (χ0n) is 12.7. The van der Waals surface area contributed by atoms with Crippen molar-refractivity contribution in [3.8, 4) is 0 Å². The van der Waals surface area contributed by atoms with Crippen LogP contribution in [0.4, 0.5) is 11.5 Å². The van der Waals surface area contributed by atoms with Crippen molar-refractivity contribution in [2.24, 2.45) is 0 Å². The molecule has 1 aromatic heterocycles. The molecule has 0 aliphatic heterocycles. The molecule has 0 aliphatic rings. The third-order valence-electron chi connectivity index (χ3n) is 3.21. The molecule has 1 heterocycles. The summed E-state index contributed by atoms with van der Waals surface area (Å²) in [6, 6.07) is 0.0669. The van der Waals surface area contributed by atoms with Gasteiger partial charge < -0.3 is 10.0 Å². The number of aliphatic hydroxyl groups is 1. The SMILES string of the molecule is Cc1nn(C(C)C)c(N(C)CCCCCO)c1[N+](=O)[O-]. The molecule has 0 aliphatic carbocycles. The summed E-state index contributed by atoms with van der Waals surface area (Å²) in [4.78, 5) is 12.8. The van der Waals surface area contributed by atoms with Crippen LogP contribution in [-0.4, -0.2) is 40.0 Å². The first-order valence-corrected chi connectivity index (χ1v) is 6.95. The number of hydrogen-bond acceptors (Lipinski definition) is 5. The summed E-state index contributed by atoms with van der Waals surface area (Å²) in [7, 11) is 1.85. The fourth-order valence-corrected chi connectivity index (χ4v) is 2.20. The molecule has 0 atom stereocenters. The summed E-state index contributed by atoms with van der Waals surface area (Å²) in [5.41, 5.74) is 0.532. The van der Waals surface area contributed by atoms with Crippen LogP contribution in [0, 0.1) is 17.0 Å². The molecule has 0 amide bonds. The van der Waals surface area contributed by atoms with E-state index in [4.69, 9.17) is 5.11 Å². The van der Waals surface area contributed by atoms with E-state index in [-0.39, 0.29) is 23.3 Å². The molecule has 1 aromatic rings. The second-order valence-electron chi connectivity index (χ2n) is 5.26. The Morgan fingerprint density at radius 2 is 2.05 bits per heavy atom. The average Bonchev–Trinajstić information content (AvgIpc) is 2.72. The smallest absolute Gasteiger partial charge is 0.333 e. The van der Waals surface area contributed by atoms with Crippen molar-refractivity contribution in [2.75, 3.05) is 25.1 Å². The van der Waals surface area contributed by atoms with Crippen LogP contribution in [0.15, 0.2) is 0 Å². The number of rotatable bonds is 8. The van der Waals surface area contributed by atoms with Crippen LogP contribution in [0.1, 0.15) is 44.8 Å². The van der Waals surface area contributed by atoms with Gasteiger partial charge in [-0.25, -0.2) is 4.68 Å².